The Morgan fingerprint density at radius 2 is 1.84 bits per heavy atom. The molecule has 2 nitrogen and oxygen atoms in total. The van der Waals surface area contributed by atoms with Crippen LogP contribution >= 0.6 is 11.6 Å². The minimum atomic E-state index is -4.40. The topological polar surface area (TPSA) is 15.3 Å². The summed E-state index contributed by atoms with van der Waals surface area (Å²) in [6, 6.07) is 3.79. The second-order valence-electron chi connectivity index (χ2n) is 4.11. The Balaban J connectivity index is 2.77. The SMILES string of the molecule is CCN(CC)CCNc1c(Cl)cccc1C(F)(F)F. The number of halogens is 4. The van der Waals surface area contributed by atoms with Crippen LogP contribution in [-0.2, 0) is 6.18 Å². The molecule has 0 aromatic heterocycles. The van der Waals surface area contributed by atoms with Gasteiger partial charge in [-0.15, -0.1) is 0 Å². The van der Waals surface area contributed by atoms with Gasteiger partial charge in [0.15, 0.2) is 0 Å². The second kappa shape index (κ2) is 7.01. The van der Waals surface area contributed by atoms with Crippen LogP contribution in [0.5, 0.6) is 0 Å². The number of rotatable bonds is 6. The van der Waals surface area contributed by atoms with E-state index in [9.17, 15) is 13.2 Å². The fourth-order valence-electron chi connectivity index (χ4n) is 1.82. The lowest BCUT2D eigenvalue weighted by Gasteiger charge is -2.20. The van der Waals surface area contributed by atoms with Crippen LogP contribution in [-0.4, -0.2) is 31.1 Å². The van der Waals surface area contributed by atoms with E-state index in [0.717, 1.165) is 19.2 Å². The van der Waals surface area contributed by atoms with E-state index >= 15 is 0 Å². The summed E-state index contributed by atoms with van der Waals surface area (Å²) in [4.78, 5) is 2.12. The molecule has 0 heterocycles. The summed E-state index contributed by atoms with van der Waals surface area (Å²) in [5.41, 5.74) is -0.761. The second-order valence-corrected chi connectivity index (χ2v) is 4.52. The molecular weight excluding hydrogens is 277 g/mol. The van der Waals surface area contributed by atoms with E-state index in [4.69, 9.17) is 11.6 Å². The summed E-state index contributed by atoms with van der Waals surface area (Å²) >= 11 is 5.84. The van der Waals surface area contributed by atoms with Gasteiger partial charge in [-0.05, 0) is 25.2 Å². The number of benzene rings is 1. The average Bonchev–Trinajstić information content (AvgIpc) is 2.35. The smallest absolute Gasteiger partial charge is 0.382 e. The number of anilines is 1. The number of nitrogens with one attached hydrogen (secondary N) is 1. The predicted molar refractivity (Wildman–Crippen MR) is 72.7 cm³/mol. The summed E-state index contributed by atoms with van der Waals surface area (Å²) in [6.45, 7) is 6.87. The van der Waals surface area contributed by atoms with E-state index in [-0.39, 0.29) is 10.7 Å². The molecule has 1 rings (SSSR count). The third-order valence-corrected chi connectivity index (χ3v) is 3.26. The molecule has 0 bridgehead atoms. The predicted octanol–water partition coefficient (Wildman–Crippen LogP) is 4.11. The van der Waals surface area contributed by atoms with Gasteiger partial charge in [-0.3, -0.25) is 0 Å². The molecule has 0 aliphatic rings. The number of para-hydroxylation sites is 1. The van der Waals surface area contributed by atoms with Crippen LogP contribution in [0.3, 0.4) is 0 Å². The Bertz CT molecular complexity index is 403. The van der Waals surface area contributed by atoms with Crippen molar-refractivity contribution in [2.24, 2.45) is 0 Å². The third-order valence-electron chi connectivity index (χ3n) is 2.94. The van der Waals surface area contributed by atoms with Crippen LogP contribution < -0.4 is 5.32 Å². The summed E-state index contributed by atoms with van der Waals surface area (Å²) in [5.74, 6) is 0. The van der Waals surface area contributed by atoms with Gasteiger partial charge >= 0.3 is 6.18 Å². The highest BCUT2D eigenvalue weighted by Gasteiger charge is 2.34. The molecule has 0 spiro atoms. The lowest BCUT2D eigenvalue weighted by Crippen LogP contribution is -2.29. The highest BCUT2D eigenvalue weighted by molar-refractivity contribution is 6.33. The van der Waals surface area contributed by atoms with Gasteiger partial charge in [-0.1, -0.05) is 31.5 Å². The Kier molecular flexibility index (Phi) is 5.94. The first kappa shape index (κ1) is 16.1. The van der Waals surface area contributed by atoms with Crippen LogP contribution in [0, 0.1) is 0 Å². The maximum Gasteiger partial charge on any atom is 0.418 e. The summed E-state index contributed by atoms with van der Waals surface area (Å²) in [6.07, 6.45) is -4.40. The summed E-state index contributed by atoms with van der Waals surface area (Å²) < 4.78 is 38.5. The van der Waals surface area contributed by atoms with Gasteiger partial charge in [-0.2, -0.15) is 13.2 Å². The first-order valence-electron chi connectivity index (χ1n) is 6.22. The number of alkyl halides is 3. The molecule has 0 saturated heterocycles. The summed E-state index contributed by atoms with van der Waals surface area (Å²) in [5, 5.41) is 2.89. The van der Waals surface area contributed by atoms with E-state index in [0.29, 0.717) is 13.1 Å². The van der Waals surface area contributed by atoms with Crippen molar-refractivity contribution >= 4 is 17.3 Å². The number of hydrogen-bond acceptors (Lipinski definition) is 2. The van der Waals surface area contributed by atoms with Crippen LogP contribution in [0.2, 0.25) is 5.02 Å². The minimum absolute atomic E-state index is 0.0381. The largest absolute Gasteiger partial charge is 0.418 e. The highest BCUT2D eigenvalue weighted by atomic mass is 35.5. The van der Waals surface area contributed by atoms with Crippen molar-refractivity contribution in [2.75, 3.05) is 31.5 Å². The van der Waals surface area contributed by atoms with Crippen molar-refractivity contribution in [1.82, 2.24) is 4.90 Å². The zero-order valence-corrected chi connectivity index (χ0v) is 11.8. The highest BCUT2D eigenvalue weighted by Crippen LogP contribution is 2.38. The van der Waals surface area contributed by atoms with E-state index in [2.05, 4.69) is 10.2 Å². The van der Waals surface area contributed by atoms with Crippen LogP contribution in [0.4, 0.5) is 18.9 Å². The molecule has 0 radical (unpaired) electrons. The zero-order valence-electron chi connectivity index (χ0n) is 11.0. The quantitative estimate of drug-likeness (QED) is 0.849. The summed E-state index contributed by atoms with van der Waals surface area (Å²) in [7, 11) is 0. The van der Waals surface area contributed by atoms with Gasteiger partial charge in [0.1, 0.15) is 0 Å². The van der Waals surface area contributed by atoms with E-state index < -0.39 is 11.7 Å². The first-order chi connectivity index (χ1) is 8.90. The van der Waals surface area contributed by atoms with Gasteiger partial charge in [0.05, 0.1) is 16.3 Å². The Labute approximate surface area is 116 Å². The lowest BCUT2D eigenvalue weighted by molar-refractivity contribution is -0.136. The number of likely N-dealkylation sites (N-methyl/N-ethyl adjacent to an activating group) is 1. The van der Waals surface area contributed by atoms with E-state index in [1.807, 2.05) is 13.8 Å². The molecular formula is C13H18ClF3N2. The van der Waals surface area contributed by atoms with Crippen LogP contribution in [0.1, 0.15) is 19.4 Å². The molecule has 0 saturated carbocycles. The molecule has 1 aromatic carbocycles. The molecule has 0 aliphatic carbocycles. The zero-order chi connectivity index (χ0) is 14.5. The average molecular weight is 295 g/mol. The fraction of sp³-hybridized carbons (Fsp3) is 0.538. The van der Waals surface area contributed by atoms with Gasteiger partial charge in [0.2, 0.25) is 0 Å². The maximum absolute atomic E-state index is 12.8. The molecule has 1 N–H and O–H groups in total. The Hall–Kier alpha value is -0.940. The van der Waals surface area contributed by atoms with Gasteiger partial charge in [0, 0.05) is 13.1 Å². The van der Waals surface area contributed by atoms with Gasteiger partial charge < -0.3 is 10.2 Å². The Morgan fingerprint density at radius 1 is 1.21 bits per heavy atom. The standard InChI is InChI=1S/C13H18ClF3N2/c1-3-19(4-2)9-8-18-12-10(13(15,16)17)6-5-7-11(12)14/h5-7,18H,3-4,8-9H2,1-2H3. The minimum Gasteiger partial charge on any atom is -0.382 e. The lowest BCUT2D eigenvalue weighted by atomic mass is 10.1. The van der Waals surface area contributed by atoms with Crippen LogP contribution in [0.15, 0.2) is 18.2 Å². The number of nitrogens with zero attached hydrogens (tertiary/aromatic N) is 1. The normalized spacial score (nSPS) is 11.9. The Morgan fingerprint density at radius 3 is 2.37 bits per heavy atom. The first-order valence-corrected chi connectivity index (χ1v) is 6.59. The van der Waals surface area contributed by atoms with Crippen molar-refractivity contribution in [3.8, 4) is 0 Å². The van der Waals surface area contributed by atoms with Crippen molar-refractivity contribution in [2.45, 2.75) is 20.0 Å². The fourth-order valence-corrected chi connectivity index (χ4v) is 2.06. The molecule has 6 heteroatoms. The molecule has 0 atom stereocenters. The van der Waals surface area contributed by atoms with Crippen LogP contribution in [0.25, 0.3) is 0 Å². The van der Waals surface area contributed by atoms with E-state index in [1.165, 1.54) is 12.1 Å². The van der Waals surface area contributed by atoms with Crippen molar-refractivity contribution in [1.29, 1.82) is 0 Å². The maximum atomic E-state index is 12.8. The molecule has 0 unspecified atom stereocenters. The monoisotopic (exact) mass is 294 g/mol. The molecule has 0 fully saturated rings. The molecule has 1 aromatic rings. The molecule has 0 aliphatic heterocycles. The van der Waals surface area contributed by atoms with Crippen molar-refractivity contribution in [3.05, 3.63) is 28.8 Å². The van der Waals surface area contributed by atoms with Crippen molar-refractivity contribution < 1.29 is 13.2 Å². The van der Waals surface area contributed by atoms with Gasteiger partial charge in [-0.25, -0.2) is 0 Å². The molecule has 108 valence electrons. The van der Waals surface area contributed by atoms with E-state index in [1.54, 1.807) is 0 Å². The molecule has 19 heavy (non-hydrogen) atoms. The number of hydrogen-bond donors (Lipinski definition) is 1. The third kappa shape index (κ3) is 4.58. The van der Waals surface area contributed by atoms with Gasteiger partial charge in [0.25, 0.3) is 0 Å². The van der Waals surface area contributed by atoms with Crippen molar-refractivity contribution in [3.63, 3.8) is 0 Å². The molecule has 0 amide bonds.